The predicted octanol–water partition coefficient (Wildman–Crippen LogP) is 5.84. The molecule has 0 aromatic heterocycles. The number of methoxy groups -OCH3 is 2. The van der Waals surface area contributed by atoms with E-state index in [1.165, 1.54) is 37.3 Å². The van der Waals surface area contributed by atoms with E-state index >= 15 is 0 Å². The predicted molar refractivity (Wildman–Crippen MR) is 189 cm³/mol. The Labute approximate surface area is 290 Å². The minimum Gasteiger partial charge on any atom is -0.494 e. The number of nitrogens with zero attached hydrogens (tertiary/aromatic N) is 2. The first-order chi connectivity index (χ1) is 23.1. The summed E-state index contributed by atoms with van der Waals surface area (Å²) in [6.45, 7) is 3.90. The van der Waals surface area contributed by atoms with Gasteiger partial charge in [-0.25, -0.2) is 8.42 Å². The number of carbonyl (C=O) groups is 2. The molecule has 0 saturated heterocycles. The van der Waals surface area contributed by atoms with Crippen LogP contribution in [-0.2, 0) is 32.6 Å². The summed E-state index contributed by atoms with van der Waals surface area (Å²) in [5.41, 5.74) is 1.85. The van der Waals surface area contributed by atoms with Crippen molar-refractivity contribution in [1.29, 1.82) is 0 Å². The smallest absolute Gasteiger partial charge is 0.264 e. The lowest BCUT2D eigenvalue weighted by molar-refractivity contribution is -0.140. The summed E-state index contributed by atoms with van der Waals surface area (Å²) in [5, 5.41) is 2.87. The Morgan fingerprint density at radius 1 is 0.833 bits per heavy atom. The molecule has 0 unspecified atom stereocenters. The Bertz CT molecular complexity index is 1790. The number of benzene rings is 4. The van der Waals surface area contributed by atoms with Crippen molar-refractivity contribution in [3.8, 4) is 17.2 Å². The van der Waals surface area contributed by atoms with Gasteiger partial charge in [-0.05, 0) is 73.5 Å². The largest absolute Gasteiger partial charge is 0.494 e. The van der Waals surface area contributed by atoms with E-state index in [2.05, 4.69) is 21.2 Å². The average molecular weight is 739 g/mol. The fourth-order valence-corrected chi connectivity index (χ4v) is 7.06. The second-order valence-electron chi connectivity index (χ2n) is 10.7. The van der Waals surface area contributed by atoms with Crippen LogP contribution in [0.2, 0.25) is 0 Å². The number of hydrogen-bond acceptors (Lipinski definition) is 7. The summed E-state index contributed by atoms with van der Waals surface area (Å²) < 4.78 is 46.9. The van der Waals surface area contributed by atoms with E-state index in [9.17, 15) is 18.0 Å². The van der Waals surface area contributed by atoms with E-state index in [1.54, 1.807) is 31.2 Å². The van der Waals surface area contributed by atoms with Crippen molar-refractivity contribution in [3.63, 3.8) is 0 Å². The molecule has 0 bridgehead atoms. The summed E-state index contributed by atoms with van der Waals surface area (Å²) in [6, 6.07) is 26.6. The molecular weight excluding hydrogens is 698 g/mol. The van der Waals surface area contributed by atoms with Crippen LogP contribution in [0.5, 0.6) is 17.2 Å². The van der Waals surface area contributed by atoms with Crippen LogP contribution in [0.25, 0.3) is 0 Å². The molecule has 0 aliphatic rings. The molecule has 1 atom stereocenters. The van der Waals surface area contributed by atoms with Crippen LogP contribution in [0.3, 0.4) is 0 Å². The number of anilines is 1. The first-order valence-electron chi connectivity index (χ1n) is 15.4. The Kier molecular flexibility index (Phi) is 12.9. The lowest BCUT2D eigenvalue weighted by Crippen LogP contribution is -2.53. The van der Waals surface area contributed by atoms with Gasteiger partial charge in [-0.15, -0.1) is 0 Å². The van der Waals surface area contributed by atoms with Crippen molar-refractivity contribution < 1.29 is 32.2 Å². The third kappa shape index (κ3) is 9.07. The summed E-state index contributed by atoms with van der Waals surface area (Å²) in [6.07, 6.45) is 0.220. The minimum absolute atomic E-state index is 0.0560. The number of rotatable bonds is 16. The van der Waals surface area contributed by atoms with Gasteiger partial charge in [0.1, 0.15) is 18.3 Å². The van der Waals surface area contributed by atoms with Crippen LogP contribution < -0.4 is 23.8 Å². The van der Waals surface area contributed by atoms with Gasteiger partial charge in [-0.3, -0.25) is 13.9 Å². The van der Waals surface area contributed by atoms with Gasteiger partial charge in [0.05, 0.1) is 31.4 Å². The van der Waals surface area contributed by atoms with Gasteiger partial charge in [0.15, 0.2) is 11.5 Å². The first kappa shape index (κ1) is 36.3. The number of nitrogens with one attached hydrogen (secondary N) is 1. The van der Waals surface area contributed by atoms with Gasteiger partial charge in [0.25, 0.3) is 10.0 Å². The van der Waals surface area contributed by atoms with Crippen LogP contribution >= 0.6 is 15.9 Å². The monoisotopic (exact) mass is 737 g/mol. The van der Waals surface area contributed by atoms with Crippen LogP contribution in [0.15, 0.2) is 106 Å². The molecule has 4 rings (SSSR count). The van der Waals surface area contributed by atoms with E-state index in [-0.39, 0.29) is 35.2 Å². The Balaban J connectivity index is 1.82. The zero-order chi connectivity index (χ0) is 34.7. The lowest BCUT2D eigenvalue weighted by Gasteiger charge is -2.34. The van der Waals surface area contributed by atoms with Gasteiger partial charge in [-0.2, -0.15) is 0 Å². The highest BCUT2D eigenvalue weighted by Crippen LogP contribution is 2.33. The molecule has 0 heterocycles. The Morgan fingerprint density at radius 2 is 1.52 bits per heavy atom. The maximum atomic E-state index is 14.6. The zero-order valence-electron chi connectivity index (χ0n) is 27.4. The van der Waals surface area contributed by atoms with Crippen molar-refractivity contribution in [2.24, 2.45) is 0 Å². The number of sulfonamides is 1. The highest BCUT2D eigenvalue weighted by atomic mass is 79.9. The van der Waals surface area contributed by atoms with Crippen LogP contribution in [0.4, 0.5) is 5.69 Å². The number of halogens is 1. The molecule has 4 aromatic carbocycles. The minimum atomic E-state index is -4.36. The van der Waals surface area contributed by atoms with Gasteiger partial charge >= 0.3 is 0 Å². The summed E-state index contributed by atoms with van der Waals surface area (Å²) in [4.78, 5) is 29.6. The zero-order valence-corrected chi connectivity index (χ0v) is 29.8. The van der Waals surface area contributed by atoms with Crippen LogP contribution in [-0.4, -0.2) is 65.1 Å². The molecule has 0 radical (unpaired) electrons. The molecule has 0 saturated carbocycles. The molecule has 0 spiro atoms. The molecule has 4 aromatic rings. The van der Waals surface area contributed by atoms with Crippen molar-refractivity contribution in [3.05, 3.63) is 113 Å². The normalized spacial score (nSPS) is 11.7. The second-order valence-corrected chi connectivity index (χ2v) is 13.5. The van der Waals surface area contributed by atoms with E-state index in [0.717, 1.165) is 19.9 Å². The van der Waals surface area contributed by atoms with Crippen molar-refractivity contribution in [1.82, 2.24) is 10.2 Å². The summed E-state index contributed by atoms with van der Waals surface area (Å²) in [5.74, 6) is 0.199. The average Bonchev–Trinajstić information content (AvgIpc) is 3.09. The van der Waals surface area contributed by atoms with Gasteiger partial charge in [0.2, 0.25) is 11.8 Å². The number of ether oxygens (including phenoxy) is 3. The van der Waals surface area contributed by atoms with E-state index in [1.807, 2.05) is 61.5 Å². The van der Waals surface area contributed by atoms with Crippen molar-refractivity contribution in [2.75, 3.05) is 38.2 Å². The van der Waals surface area contributed by atoms with Crippen molar-refractivity contribution >= 4 is 43.5 Å². The Morgan fingerprint density at radius 3 is 2.15 bits per heavy atom. The maximum absolute atomic E-state index is 14.6. The lowest BCUT2D eigenvalue weighted by atomic mass is 10.0. The molecule has 48 heavy (non-hydrogen) atoms. The van der Waals surface area contributed by atoms with E-state index in [0.29, 0.717) is 24.7 Å². The highest BCUT2D eigenvalue weighted by Gasteiger charge is 2.35. The van der Waals surface area contributed by atoms with E-state index in [4.69, 9.17) is 14.2 Å². The van der Waals surface area contributed by atoms with Gasteiger partial charge in [0, 0.05) is 30.0 Å². The third-order valence-electron chi connectivity index (χ3n) is 7.52. The van der Waals surface area contributed by atoms with Crippen LogP contribution in [0.1, 0.15) is 25.0 Å². The fraction of sp³-hybridized carbons (Fsp3) is 0.278. The van der Waals surface area contributed by atoms with Crippen molar-refractivity contribution in [2.45, 2.75) is 37.8 Å². The van der Waals surface area contributed by atoms with Gasteiger partial charge in [-0.1, -0.05) is 58.4 Å². The molecule has 12 heteroatoms. The van der Waals surface area contributed by atoms with Crippen LogP contribution in [0, 0.1) is 0 Å². The number of hydrogen-bond donors (Lipinski definition) is 1. The molecule has 0 fully saturated rings. The quantitative estimate of drug-likeness (QED) is 0.154. The van der Waals surface area contributed by atoms with Gasteiger partial charge < -0.3 is 24.4 Å². The first-order valence-corrected chi connectivity index (χ1v) is 17.7. The number of likely N-dealkylation sites (N-methyl/N-ethyl adjacent to an activating group) is 1. The second kappa shape index (κ2) is 17.0. The molecule has 1 N–H and O–H groups in total. The number of carbonyl (C=O) groups excluding carboxylic acids is 2. The number of amides is 2. The Hall–Kier alpha value is -4.55. The molecule has 2 amide bonds. The SMILES string of the molecule is CCNC(=O)[C@H](Cc1ccccc1)N(Cc1cccc(Br)c1)C(=O)CN(c1ccc(OCC)cc1)S(=O)(=O)c1ccc(OC)c(OC)c1. The molecule has 10 nitrogen and oxygen atoms in total. The van der Waals surface area contributed by atoms with E-state index < -0.39 is 28.5 Å². The topological polar surface area (TPSA) is 114 Å². The molecule has 0 aliphatic carbocycles. The molecule has 254 valence electrons. The maximum Gasteiger partial charge on any atom is 0.264 e. The standard InChI is InChI=1S/C36H40BrN3O7S/c1-5-38-36(42)32(22-26-11-8-7-9-12-26)39(24-27-13-10-14-28(37)21-27)35(41)25-40(29-15-17-30(18-16-29)47-6-2)48(43,44)31-19-20-33(45-3)34(23-31)46-4/h7-21,23,32H,5-6,22,24-25H2,1-4H3,(H,38,42)/t32-/m0/s1. The fourth-order valence-electron chi connectivity index (χ4n) is 5.19. The summed E-state index contributed by atoms with van der Waals surface area (Å²) >= 11 is 3.50. The molecule has 0 aliphatic heterocycles. The summed E-state index contributed by atoms with van der Waals surface area (Å²) in [7, 11) is -1.49. The molecular formula is C36H40BrN3O7S. The third-order valence-corrected chi connectivity index (χ3v) is 9.78. The highest BCUT2D eigenvalue weighted by molar-refractivity contribution is 9.10.